The monoisotopic (exact) mass is 290 g/mol. The molecule has 2 rings (SSSR count). The maximum Gasteiger partial charge on any atom is 0.491 e. The van der Waals surface area contributed by atoms with Gasteiger partial charge in [-0.15, -0.1) is 11.3 Å². The number of fused-ring (bicyclic) bond motifs is 1. The molecule has 2 N–H and O–H groups in total. The summed E-state index contributed by atoms with van der Waals surface area (Å²) in [5.74, 6) is 0. The Labute approximate surface area is 98.4 Å². The zero-order valence-electron chi connectivity index (χ0n) is 6.87. The van der Waals surface area contributed by atoms with Gasteiger partial charge in [-0.25, -0.2) is 0 Å². The van der Waals surface area contributed by atoms with Gasteiger partial charge in [-0.1, -0.05) is 27.5 Å². The highest BCUT2D eigenvalue weighted by Gasteiger charge is 2.21. The van der Waals surface area contributed by atoms with Crippen molar-refractivity contribution < 1.29 is 10.0 Å². The Morgan fingerprint density at radius 2 is 2.14 bits per heavy atom. The van der Waals surface area contributed by atoms with Crippen molar-refractivity contribution in [1.29, 1.82) is 0 Å². The second-order valence-corrected chi connectivity index (χ2v) is 4.95. The summed E-state index contributed by atoms with van der Waals surface area (Å²) in [6.45, 7) is 0. The highest BCUT2D eigenvalue weighted by Crippen LogP contribution is 2.30. The fourth-order valence-electron chi connectivity index (χ4n) is 1.29. The average Bonchev–Trinajstić information content (AvgIpc) is 2.50. The third-order valence-electron chi connectivity index (χ3n) is 1.93. The Morgan fingerprint density at radius 3 is 2.79 bits per heavy atom. The highest BCUT2D eigenvalue weighted by molar-refractivity contribution is 9.10. The molecular formula is C8H5BBrClO2S. The minimum atomic E-state index is -1.55. The molecule has 14 heavy (non-hydrogen) atoms. The third-order valence-corrected chi connectivity index (χ3v) is 4.04. The molecule has 0 radical (unpaired) electrons. The molecule has 0 unspecified atom stereocenters. The summed E-state index contributed by atoms with van der Waals surface area (Å²) in [5, 5.41) is 21.6. The van der Waals surface area contributed by atoms with Crippen molar-refractivity contribution in [2.75, 3.05) is 0 Å². The van der Waals surface area contributed by atoms with E-state index in [1.807, 2.05) is 17.5 Å². The van der Waals surface area contributed by atoms with Crippen LogP contribution in [-0.2, 0) is 0 Å². The first-order valence-electron chi connectivity index (χ1n) is 3.82. The van der Waals surface area contributed by atoms with Gasteiger partial charge in [0.2, 0.25) is 0 Å². The van der Waals surface area contributed by atoms with Crippen LogP contribution in [0, 0.1) is 0 Å². The lowest BCUT2D eigenvalue weighted by atomic mass is 9.80. The van der Waals surface area contributed by atoms with Gasteiger partial charge in [-0.2, -0.15) is 0 Å². The largest absolute Gasteiger partial charge is 0.491 e. The lowest BCUT2D eigenvalue weighted by Crippen LogP contribution is -2.32. The van der Waals surface area contributed by atoms with E-state index in [9.17, 15) is 0 Å². The number of benzene rings is 1. The van der Waals surface area contributed by atoms with E-state index in [2.05, 4.69) is 15.9 Å². The molecule has 0 aliphatic rings. The molecule has 0 bridgehead atoms. The summed E-state index contributed by atoms with van der Waals surface area (Å²) in [5.41, 5.74) is 0.321. The maximum atomic E-state index is 9.13. The minimum absolute atomic E-state index is 0.321. The standard InChI is InChI=1S/C8H5BBrClO2S/c10-5-3-4-1-2-14-8(4)7(11)6(5)9(12)13/h1-3,12-13H. The first-order chi connectivity index (χ1) is 6.61. The number of rotatable bonds is 1. The quantitative estimate of drug-likeness (QED) is 0.789. The fourth-order valence-corrected chi connectivity index (χ4v) is 3.32. The van der Waals surface area contributed by atoms with E-state index in [0.29, 0.717) is 15.0 Å². The van der Waals surface area contributed by atoms with Gasteiger partial charge in [0.1, 0.15) is 0 Å². The molecule has 2 nitrogen and oxygen atoms in total. The van der Waals surface area contributed by atoms with E-state index in [-0.39, 0.29) is 0 Å². The van der Waals surface area contributed by atoms with E-state index in [4.69, 9.17) is 21.6 Å². The van der Waals surface area contributed by atoms with Gasteiger partial charge in [-0.3, -0.25) is 0 Å². The molecule has 2 aromatic rings. The minimum Gasteiger partial charge on any atom is -0.423 e. The Morgan fingerprint density at radius 1 is 1.43 bits per heavy atom. The lowest BCUT2D eigenvalue weighted by Gasteiger charge is -2.06. The summed E-state index contributed by atoms with van der Waals surface area (Å²) >= 11 is 10.8. The molecule has 0 aliphatic heterocycles. The van der Waals surface area contributed by atoms with Crippen molar-refractivity contribution in [3.63, 3.8) is 0 Å². The summed E-state index contributed by atoms with van der Waals surface area (Å²) in [6, 6.07) is 3.76. The summed E-state index contributed by atoms with van der Waals surface area (Å²) in [6.07, 6.45) is 0. The molecule has 6 heteroatoms. The summed E-state index contributed by atoms with van der Waals surface area (Å²) in [4.78, 5) is 0. The van der Waals surface area contributed by atoms with Gasteiger partial charge in [0, 0.05) is 9.94 Å². The van der Waals surface area contributed by atoms with Gasteiger partial charge in [0.15, 0.2) is 0 Å². The molecule has 0 fully saturated rings. The number of halogens is 2. The molecular weight excluding hydrogens is 286 g/mol. The zero-order chi connectivity index (χ0) is 10.3. The number of hydrogen-bond donors (Lipinski definition) is 2. The van der Waals surface area contributed by atoms with Crippen LogP contribution in [0.25, 0.3) is 10.1 Å². The van der Waals surface area contributed by atoms with E-state index in [1.165, 1.54) is 11.3 Å². The van der Waals surface area contributed by atoms with Crippen molar-refractivity contribution >= 4 is 61.5 Å². The first kappa shape index (κ1) is 10.5. The smallest absolute Gasteiger partial charge is 0.423 e. The molecule has 0 amide bonds. The lowest BCUT2D eigenvalue weighted by molar-refractivity contribution is 0.425. The Hall–Kier alpha value is -0.0651. The molecule has 1 aromatic carbocycles. The van der Waals surface area contributed by atoms with Crippen LogP contribution in [0.4, 0.5) is 0 Å². The predicted octanol–water partition coefficient (Wildman–Crippen LogP) is 2.00. The SMILES string of the molecule is OB(O)c1c(Br)cc2ccsc2c1Cl. The molecule has 72 valence electrons. The van der Waals surface area contributed by atoms with E-state index in [0.717, 1.165) is 10.1 Å². The molecule has 1 heterocycles. The number of thiophene rings is 1. The van der Waals surface area contributed by atoms with Crippen LogP contribution in [0.15, 0.2) is 22.0 Å². The van der Waals surface area contributed by atoms with Crippen LogP contribution in [-0.4, -0.2) is 17.2 Å². The molecule has 1 aromatic heterocycles. The van der Waals surface area contributed by atoms with Crippen LogP contribution < -0.4 is 5.46 Å². The maximum absolute atomic E-state index is 9.13. The Balaban J connectivity index is 2.82. The normalized spacial score (nSPS) is 10.9. The van der Waals surface area contributed by atoms with Gasteiger partial charge in [0.25, 0.3) is 0 Å². The predicted molar refractivity (Wildman–Crippen MR) is 64.4 cm³/mol. The van der Waals surface area contributed by atoms with Crippen LogP contribution >= 0.6 is 38.9 Å². The topological polar surface area (TPSA) is 40.5 Å². The van der Waals surface area contributed by atoms with Crippen molar-refractivity contribution in [3.8, 4) is 0 Å². The van der Waals surface area contributed by atoms with Gasteiger partial charge in [-0.05, 0) is 22.9 Å². The zero-order valence-corrected chi connectivity index (χ0v) is 10.0. The van der Waals surface area contributed by atoms with Crippen LogP contribution in [0.1, 0.15) is 0 Å². The summed E-state index contributed by atoms with van der Waals surface area (Å²) < 4.78 is 1.49. The summed E-state index contributed by atoms with van der Waals surface area (Å²) in [7, 11) is -1.55. The van der Waals surface area contributed by atoms with Gasteiger partial charge < -0.3 is 10.0 Å². The Kier molecular flexibility index (Phi) is 2.86. The number of hydrogen-bond acceptors (Lipinski definition) is 3. The fraction of sp³-hybridized carbons (Fsp3) is 0. The van der Waals surface area contributed by atoms with Crippen molar-refractivity contribution in [1.82, 2.24) is 0 Å². The van der Waals surface area contributed by atoms with Gasteiger partial charge >= 0.3 is 7.12 Å². The van der Waals surface area contributed by atoms with Crippen LogP contribution in [0.5, 0.6) is 0 Å². The highest BCUT2D eigenvalue weighted by atomic mass is 79.9. The molecule has 0 atom stereocenters. The third kappa shape index (κ3) is 1.59. The van der Waals surface area contributed by atoms with E-state index in [1.54, 1.807) is 0 Å². The van der Waals surface area contributed by atoms with Crippen molar-refractivity contribution in [3.05, 3.63) is 27.0 Å². The molecule has 0 saturated heterocycles. The van der Waals surface area contributed by atoms with Crippen molar-refractivity contribution in [2.24, 2.45) is 0 Å². The second kappa shape index (κ2) is 3.83. The Bertz CT molecular complexity index is 485. The van der Waals surface area contributed by atoms with Gasteiger partial charge in [0.05, 0.1) is 9.72 Å². The molecule has 0 saturated carbocycles. The second-order valence-electron chi connectivity index (χ2n) is 2.80. The average molecular weight is 291 g/mol. The molecule has 0 spiro atoms. The van der Waals surface area contributed by atoms with Crippen molar-refractivity contribution in [2.45, 2.75) is 0 Å². The van der Waals surface area contributed by atoms with Crippen LogP contribution in [0.3, 0.4) is 0 Å². The first-order valence-corrected chi connectivity index (χ1v) is 5.87. The van der Waals surface area contributed by atoms with E-state index >= 15 is 0 Å². The van der Waals surface area contributed by atoms with Crippen LogP contribution in [0.2, 0.25) is 5.02 Å². The van der Waals surface area contributed by atoms with E-state index < -0.39 is 7.12 Å². The molecule has 0 aliphatic carbocycles.